The molecule has 2 amide bonds. The lowest BCUT2D eigenvalue weighted by molar-refractivity contribution is -0.129. The first-order valence-corrected chi connectivity index (χ1v) is 12.0. The molecule has 2 atom stereocenters. The van der Waals surface area contributed by atoms with E-state index in [1.807, 2.05) is 30.6 Å². The van der Waals surface area contributed by atoms with Crippen molar-refractivity contribution in [2.45, 2.75) is 77.6 Å². The molecular formula is C22H32BrN5O3. The van der Waals surface area contributed by atoms with Crippen LogP contribution < -0.4 is 4.90 Å². The summed E-state index contributed by atoms with van der Waals surface area (Å²) in [6.45, 7) is 12.7. The summed E-state index contributed by atoms with van der Waals surface area (Å²) in [6, 6.07) is 1.04. The first-order valence-electron chi connectivity index (χ1n) is 11.2. The lowest BCUT2D eigenvalue weighted by Crippen LogP contribution is -2.64. The average Bonchev–Trinajstić information content (AvgIpc) is 3.26. The summed E-state index contributed by atoms with van der Waals surface area (Å²) >= 11 is 3.79. The molecule has 0 aromatic carbocycles. The van der Waals surface area contributed by atoms with Crippen molar-refractivity contribution in [3.05, 3.63) is 10.2 Å². The number of hydrogen-bond donors (Lipinski definition) is 0. The van der Waals surface area contributed by atoms with Crippen molar-refractivity contribution in [1.82, 2.24) is 19.6 Å². The predicted octanol–water partition coefficient (Wildman–Crippen LogP) is 3.34. The molecule has 0 unspecified atom stereocenters. The number of rotatable bonds is 2. The predicted molar refractivity (Wildman–Crippen MR) is 120 cm³/mol. The average molecular weight is 494 g/mol. The van der Waals surface area contributed by atoms with Crippen molar-refractivity contribution in [2.75, 3.05) is 31.1 Å². The zero-order valence-electron chi connectivity index (χ0n) is 19.0. The number of likely N-dealkylation sites (tertiary alicyclic amines) is 2. The highest BCUT2D eigenvalue weighted by Crippen LogP contribution is 2.55. The van der Waals surface area contributed by atoms with Gasteiger partial charge in [-0.1, -0.05) is 0 Å². The topological polar surface area (TPSA) is 70.9 Å². The van der Waals surface area contributed by atoms with Gasteiger partial charge in [-0.3, -0.25) is 9.48 Å². The molecule has 4 heterocycles. The SMILES string of the molecule is CC(=O)N1C[C@@H]2C[C@H]1CN2c1nn(C2CC3(C2)CN(C(=O)OC(C)(C)C)C3)c(C)c1Br. The van der Waals surface area contributed by atoms with Crippen LogP contribution in [0.15, 0.2) is 4.47 Å². The van der Waals surface area contributed by atoms with Crippen LogP contribution in [0, 0.1) is 12.3 Å². The van der Waals surface area contributed by atoms with Gasteiger partial charge in [0.15, 0.2) is 5.82 Å². The lowest BCUT2D eigenvalue weighted by Gasteiger charge is -2.58. The summed E-state index contributed by atoms with van der Waals surface area (Å²) in [4.78, 5) is 30.3. The fourth-order valence-electron chi connectivity index (χ4n) is 5.92. The van der Waals surface area contributed by atoms with E-state index in [1.165, 1.54) is 0 Å². The zero-order valence-corrected chi connectivity index (χ0v) is 20.6. The molecule has 1 aromatic rings. The van der Waals surface area contributed by atoms with Gasteiger partial charge in [0.05, 0.1) is 28.3 Å². The van der Waals surface area contributed by atoms with E-state index in [0.717, 1.165) is 61.4 Å². The Morgan fingerprint density at radius 2 is 1.81 bits per heavy atom. The second kappa shape index (κ2) is 6.86. The minimum atomic E-state index is -0.451. The van der Waals surface area contributed by atoms with E-state index in [1.54, 1.807) is 6.92 Å². The summed E-state index contributed by atoms with van der Waals surface area (Å²) in [5.41, 5.74) is 0.929. The minimum absolute atomic E-state index is 0.175. The Bertz CT molecular complexity index is 924. The molecule has 8 nitrogen and oxygen atoms in total. The number of carbonyl (C=O) groups excluding carboxylic acids is 2. The molecule has 1 aliphatic carbocycles. The van der Waals surface area contributed by atoms with Crippen LogP contribution >= 0.6 is 15.9 Å². The number of amides is 2. The van der Waals surface area contributed by atoms with E-state index in [9.17, 15) is 9.59 Å². The monoisotopic (exact) mass is 493 g/mol. The molecule has 31 heavy (non-hydrogen) atoms. The maximum atomic E-state index is 12.2. The number of fused-ring (bicyclic) bond motifs is 2. The van der Waals surface area contributed by atoms with Gasteiger partial charge < -0.3 is 19.4 Å². The van der Waals surface area contributed by atoms with Crippen LogP contribution in [0.2, 0.25) is 0 Å². The highest BCUT2D eigenvalue weighted by Gasteiger charge is 2.56. The van der Waals surface area contributed by atoms with Gasteiger partial charge in [0, 0.05) is 38.5 Å². The number of piperazine rings is 1. The molecule has 1 spiro atoms. The second-order valence-electron chi connectivity index (χ2n) is 10.9. The van der Waals surface area contributed by atoms with Gasteiger partial charge >= 0.3 is 6.09 Å². The minimum Gasteiger partial charge on any atom is -0.444 e. The second-order valence-corrected chi connectivity index (χ2v) is 11.7. The molecule has 0 radical (unpaired) electrons. The van der Waals surface area contributed by atoms with Crippen LogP contribution in [0.3, 0.4) is 0 Å². The Labute approximate surface area is 192 Å². The number of halogens is 1. The standard InChI is InChI=1S/C22H32BrN5O3/c1-13-18(23)19(27-10-15-6-16(27)9-26(15)14(2)29)24-28(13)17-7-22(8-17)11-25(12-22)20(30)31-21(3,4)5/h15-17H,6-12H2,1-5H3/t15-,16-/m0/s1. The van der Waals surface area contributed by atoms with Gasteiger partial charge in [0.1, 0.15) is 5.60 Å². The smallest absolute Gasteiger partial charge is 0.410 e. The fourth-order valence-corrected chi connectivity index (χ4v) is 6.41. The van der Waals surface area contributed by atoms with Crippen LogP contribution in [0.4, 0.5) is 10.6 Å². The van der Waals surface area contributed by atoms with Crippen LogP contribution in [0.1, 0.15) is 58.7 Å². The third-order valence-electron chi connectivity index (χ3n) is 7.36. The van der Waals surface area contributed by atoms with E-state index >= 15 is 0 Å². The maximum absolute atomic E-state index is 12.2. The third kappa shape index (κ3) is 3.43. The van der Waals surface area contributed by atoms with Gasteiger partial charge in [-0.15, -0.1) is 0 Å². The van der Waals surface area contributed by atoms with Crippen molar-refractivity contribution in [1.29, 1.82) is 0 Å². The Morgan fingerprint density at radius 1 is 1.13 bits per heavy atom. The van der Waals surface area contributed by atoms with E-state index in [-0.39, 0.29) is 17.4 Å². The van der Waals surface area contributed by atoms with Gasteiger partial charge in [-0.25, -0.2) is 4.79 Å². The Morgan fingerprint density at radius 3 is 2.35 bits per heavy atom. The van der Waals surface area contributed by atoms with Crippen LogP contribution in [-0.2, 0) is 9.53 Å². The van der Waals surface area contributed by atoms with Gasteiger partial charge in [0.25, 0.3) is 0 Å². The van der Waals surface area contributed by atoms with Crippen molar-refractivity contribution in [3.63, 3.8) is 0 Å². The summed E-state index contributed by atoms with van der Waals surface area (Å²) in [5, 5.41) is 5.02. The highest BCUT2D eigenvalue weighted by atomic mass is 79.9. The normalized spacial score (nSPS) is 27.0. The van der Waals surface area contributed by atoms with Crippen molar-refractivity contribution in [2.24, 2.45) is 5.41 Å². The fraction of sp³-hybridized carbons (Fsp3) is 0.773. The van der Waals surface area contributed by atoms with E-state index in [2.05, 4.69) is 32.4 Å². The molecule has 3 aliphatic heterocycles. The van der Waals surface area contributed by atoms with Crippen LogP contribution in [-0.4, -0.2) is 75.4 Å². The molecular weight excluding hydrogens is 462 g/mol. The number of carbonyl (C=O) groups is 2. The quantitative estimate of drug-likeness (QED) is 0.631. The largest absolute Gasteiger partial charge is 0.444 e. The first kappa shape index (κ1) is 21.1. The van der Waals surface area contributed by atoms with Crippen LogP contribution in [0.5, 0.6) is 0 Å². The molecule has 4 aliphatic rings. The van der Waals surface area contributed by atoms with Crippen molar-refractivity contribution < 1.29 is 14.3 Å². The summed E-state index contributed by atoms with van der Waals surface area (Å²) in [5.74, 6) is 1.19. The van der Waals surface area contributed by atoms with E-state index in [4.69, 9.17) is 9.84 Å². The third-order valence-corrected chi connectivity index (χ3v) is 8.29. The molecule has 0 N–H and O–H groups in total. The summed E-state index contributed by atoms with van der Waals surface area (Å²) in [6.07, 6.45) is 2.92. The molecule has 3 saturated heterocycles. The molecule has 170 valence electrons. The molecule has 1 saturated carbocycles. The van der Waals surface area contributed by atoms with Crippen LogP contribution in [0.25, 0.3) is 0 Å². The molecule has 9 heteroatoms. The Hall–Kier alpha value is -1.77. The van der Waals surface area contributed by atoms with Gasteiger partial charge in [-0.05, 0) is 62.9 Å². The first-order chi connectivity index (χ1) is 14.5. The van der Waals surface area contributed by atoms with Crippen molar-refractivity contribution in [3.8, 4) is 0 Å². The Balaban J connectivity index is 1.22. The van der Waals surface area contributed by atoms with Crippen molar-refractivity contribution >= 4 is 33.7 Å². The Kier molecular flexibility index (Phi) is 4.67. The zero-order chi connectivity index (χ0) is 22.3. The number of aromatic nitrogens is 2. The van der Waals surface area contributed by atoms with E-state index in [0.29, 0.717) is 18.1 Å². The molecule has 5 rings (SSSR count). The summed E-state index contributed by atoms with van der Waals surface area (Å²) in [7, 11) is 0. The number of ether oxygens (including phenoxy) is 1. The maximum Gasteiger partial charge on any atom is 0.410 e. The molecule has 1 aromatic heterocycles. The van der Waals surface area contributed by atoms with E-state index < -0.39 is 5.60 Å². The number of hydrogen-bond acceptors (Lipinski definition) is 5. The number of anilines is 1. The molecule has 2 bridgehead atoms. The number of nitrogens with zero attached hydrogens (tertiary/aromatic N) is 5. The highest BCUT2D eigenvalue weighted by molar-refractivity contribution is 9.10. The van der Waals surface area contributed by atoms with Gasteiger partial charge in [0.2, 0.25) is 5.91 Å². The lowest BCUT2D eigenvalue weighted by atomic mass is 9.61. The van der Waals surface area contributed by atoms with Gasteiger partial charge in [-0.2, -0.15) is 5.10 Å². The summed E-state index contributed by atoms with van der Waals surface area (Å²) < 4.78 is 8.73. The molecule has 4 fully saturated rings.